The van der Waals surface area contributed by atoms with E-state index in [-0.39, 0.29) is 5.97 Å². The van der Waals surface area contributed by atoms with Gasteiger partial charge in [-0.3, -0.25) is 0 Å². The molecule has 1 aromatic carbocycles. The summed E-state index contributed by atoms with van der Waals surface area (Å²) >= 11 is 1.65. The van der Waals surface area contributed by atoms with Crippen molar-refractivity contribution in [2.75, 3.05) is 13.4 Å². The first-order chi connectivity index (χ1) is 6.74. The number of hydrogen-bond donors (Lipinski definition) is 0. The molecule has 2 nitrogen and oxygen atoms in total. The molecule has 1 rings (SSSR count). The normalized spacial score (nSPS) is 9.93. The first-order valence-electron chi connectivity index (χ1n) is 4.48. The Morgan fingerprint density at radius 1 is 1.50 bits per heavy atom. The van der Waals surface area contributed by atoms with E-state index < -0.39 is 0 Å². The van der Waals surface area contributed by atoms with Gasteiger partial charge in [0.05, 0.1) is 12.7 Å². The highest BCUT2D eigenvalue weighted by atomic mass is 32.2. The van der Waals surface area contributed by atoms with Gasteiger partial charge in [0.2, 0.25) is 0 Å². The Bertz CT molecular complexity index is 334. The topological polar surface area (TPSA) is 26.3 Å². The second-order valence-corrected chi connectivity index (χ2v) is 3.68. The van der Waals surface area contributed by atoms with Gasteiger partial charge in [0, 0.05) is 4.90 Å². The third kappa shape index (κ3) is 2.10. The minimum atomic E-state index is -0.252. The molecule has 0 N–H and O–H groups in total. The molecule has 0 aliphatic carbocycles. The van der Waals surface area contributed by atoms with Crippen molar-refractivity contribution in [3.8, 4) is 0 Å². The molecular weight excluding hydrogens is 196 g/mol. The molecule has 0 aliphatic heterocycles. The monoisotopic (exact) mass is 210 g/mol. The van der Waals surface area contributed by atoms with E-state index in [0.29, 0.717) is 5.56 Å². The summed E-state index contributed by atoms with van der Waals surface area (Å²) < 4.78 is 4.73. The van der Waals surface area contributed by atoms with Crippen LogP contribution < -0.4 is 0 Å². The lowest BCUT2D eigenvalue weighted by Crippen LogP contribution is -2.06. The van der Waals surface area contributed by atoms with Crippen molar-refractivity contribution in [1.82, 2.24) is 0 Å². The van der Waals surface area contributed by atoms with Crippen LogP contribution in [0.25, 0.3) is 0 Å². The van der Waals surface area contributed by atoms with Gasteiger partial charge in [0.1, 0.15) is 0 Å². The van der Waals surface area contributed by atoms with Crippen LogP contribution in [0.3, 0.4) is 0 Å². The van der Waals surface area contributed by atoms with Crippen molar-refractivity contribution >= 4 is 17.7 Å². The van der Waals surface area contributed by atoms with Gasteiger partial charge in [0.15, 0.2) is 0 Å². The number of esters is 1. The third-order valence-corrected chi connectivity index (χ3v) is 2.93. The molecule has 0 saturated carbocycles. The van der Waals surface area contributed by atoms with E-state index in [1.807, 2.05) is 31.4 Å². The van der Waals surface area contributed by atoms with Crippen molar-refractivity contribution in [3.05, 3.63) is 29.3 Å². The van der Waals surface area contributed by atoms with Gasteiger partial charge in [-0.2, -0.15) is 0 Å². The van der Waals surface area contributed by atoms with Crippen LogP contribution in [0.5, 0.6) is 0 Å². The lowest BCUT2D eigenvalue weighted by molar-refractivity contribution is 0.0599. The Morgan fingerprint density at radius 2 is 2.21 bits per heavy atom. The Labute approximate surface area is 88.7 Å². The summed E-state index contributed by atoms with van der Waals surface area (Å²) in [6.07, 6.45) is 2.86. The van der Waals surface area contributed by atoms with E-state index in [2.05, 4.69) is 0 Å². The minimum Gasteiger partial charge on any atom is -0.465 e. The Balaban J connectivity index is 3.21. The lowest BCUT2D eigenvalue weighted by atomic mass is 10.1. The zero-order valence-electron chi connectivity index (χ0n) is 8.66. The molecule has 1 aromatic rings. The van der Waals surface area contributed by atoms with Crippen LogP contribution >= 0.6 is 11.8 Å². The van der Waals surface area contributed by atoms with Gasteiger partial charge < -0.3 is 4.74 Å². The maximum Gasteiger partial charge on any atom is 0.338 e. The predicted octanol–water partition coefficient (Wildman–Crippen LogP) is 2.76. The average Bonchev–Trinajstić information content (AvgIpc) is 2.26. The maximum absolute atomic E-state index is 11.4. The first kappa shape index (κ1) is 11.1. The summed E-state index contributed by atoms with van der Waals surface area (Å²) in [5.74, 6) is -0.252. The highest BCUT2D eigenvalue weighted by Crippen LogP contribution is 2.24. The van der Waals surface area contributed by atoms with Gasteiger partial charge in [-0.15, -0.1) is 11.8 Å². The van der Waals surface area contributed by atoms with Crippen LogP contribution in [-0.2, 0) is 11.2 Å². The standard InChI is InChI=1S/C11H14O2S/c1-4-8-9(11(12)13-2)6-5-7-10(8)14-3/h5-7H,4H2,1-3H3. The molecule has 0 heterocycles. The summed E-state index contributed by atoms with van der Waals surface area (Å²) in [7, 11) is 1.41. The van der Waals surface area contributed by atoms with Crippen molar-refractivity contribution < 1.29 is 9.53 Å². The number of methoxy groups -OCH3 is 1. The molecule has 0 bridgehead atoms. The van der Waals surface area contributed by atoms with Gasteiger partial charge >= 0.3 is 5.97 Å². The molecule has 0 amide bonds. The van der Waals surface area contributed by atoms with E-state index in [0.717, 1.165) is 16.9 Å². The van der Waals surface area contributed by atoms with Crippen molar-refractivity contribution in [2.45, 2.75) is 18.2 Å². The van der Waals surface area contributed by atoms with Crippen LogP contribution in [0.4, 0.5) is 0 Å². The number of carbonyl (C=O) groups is 1. The largest absolute Gasteiger partial charge is 0.465 e. The number of hydrogen-bond acceptors (Lipinski definition) is 3. The highest BCUT2D eigenvalue weighted by molar-refractivity contribution is 7.98. The summed E-state index contributed by atoms with van der Waals surface area (Å²) in [5.41, 5.74) is 1.76. The molecular formula is C11H14O2S. The second-order valence-electron chi connectivity index (χ2n) is 2.83. The van der Waals surface area contributed by atoms with Crippen LogP contribution in [0.1, 0.15) is 22.8 Å². The second kappa shape index (κ2) is 5.05. The maximum atomic E-state index is 11.4. The highest BCUT2D eigenvalue weighted by Gasteiger charge is 2.12. The van der Waals surface area contributed by atoms with Crippen LogP contribution in [0.15, 0.2) is 23.1 Å². The zero-order valence-corrected chi connectivity index (χ0v) is 9.48. The van der Waals surface area contributed by atoms with Crippen molar-refractivity contribution in [1.29, 1.82) is 0 Å². The molecule has 0 radical (unpaired) electrons. The molecule has 0 aliphatic rings. The third-order valence-electron chi connectivity index (χ3n) is 2.11. The smallest absolute Gasteiger partial charge is 0.338 e. The first-order valence-corrected chi connectivity index (χ1v) is 5.71. The fourth-order valence-electron chi connectivity index (χ4n) is 1.42. The van der Waals surface area contributed by atoms with E-state index in [9.17, 15) is 4.79 Å². The summed E-state index contributed by atoms with van der Waals surface area (Å²) in [6, 6.07) is 5.72. The molecule has 0 unspecified atom stereocenters. The van der Waals surface area contributed by atoms with Gasteiger partial charge in [-0.05, 0) is 30.4 Å². The number of ether oxygens (including phenoxy) is 1. The number of rotatable bonds is 3. The SMILES string of the molecule is CCc1c(SC)cccc1C(=O)OC. The summed E-state index contributed by atoms with van der Waals surface area (Å²) in [6.45, 7) is 2.04. The number of benzene rings is 1. The Kier molecular flexibility index (Phi) is 4.01. The molecule has 14 heavy (non-hydrogen) atoms. The van der Waals surface area contributed by atoms with Crippen LogP contribution in [0, 0.1) is 0 Å². The predicted molar refractivity (Wildman–Crippen MR) is 58.9 cm³/mol. The fourth-order valence-corrected chi connectivity index (χ4v) is 2.14. The van der Waals surface area contributed by atoms with E-state index in [1.165, 1.54) is 7.11 Å². The Morgan fingerprint density at radius 3 is 2.71 bits per heavy atom. The summed E-state index contributed by atoms with van der Waals surface area (Å²) in [5, 5.41) is 0. The molecule has 76 valence electrons. The van der Waals surface area contributed by atoms with Crippen molar-refractivity contribution in [2.24, 2.45) is 0 Å². The molecule has 0 aromatic heterocycles. The average molecular weight is 210 g/mol. The van der Waals surface area contributed by atoms with Crippen LogP contribution in [0.2, 0.25) is 0 Å². The number of carbonyl (C=O) groups excluding carboxylic acids is 1. The van der Waals surface area contributed by atoms with Crippen molar-refractivity contribution in [3.63, 3.8) is 0 Å². The summed E-state index contributed by atoms with van der Waals surface area (Å²) in [4.78, 5) is 12.6. The van der Waals surface area contributed by atoms with Gasteiger partial charge in [-0.25, -0.2) is 4.79 Å². The minimum absolute atomic E-state index is 0.252. The molecule has 0 fully saturated rings. The molecule has 0 saturated heterocycles. The molecule has 0 atom stereocenters. The van der Waals surface area contributed by atoms with E-state index in [1.54, 1.807) is 11.8 Å². The van der Waals surface area contributed by atoms with Crippen LogP contribution in [-0.4, -0.2) is 19.3 Å². The van der Waals surface area contributed by atoms with Gasteiger partial charge in [0.25, 0.3) is 0 Å². The zero-order chi connectivity index (χ0) is 10.6. The van der Waals surface area contributed by atoms with E-state index >= 15 is 0 Å². The molecule has 0 spiro atoms. The van der Waals surface area contributed by atoms with E-state index in [4.69, 9.17) is 4.74 Å². The molecule has 3 heteroatoms. The van der Waals surface area contributed by atoms with Gasteiger partial charge in [-0.1, -0.05) is 13.0 Å². The fraction of sp³-hybridized carbons (Fsp3) is 0.364. The lowest BCUT2D eigenvalue weighted by Gasteiger charge is -2.09. The Hall–Kier alpha value is -0.960. The number of thioether (sulfide) groups is 1. The quantitative estimate of drug-likeness (QED) is 0.567.